The number of ether oxygens (including phenoxy) is 2. The topological polar surface area (TPSA) is 97.9 Å². The lowest BCUT2D eigenvalue weighted by Crippen LogP contribution is -2.48. The van der Waals surface area contributed by atoms with Gasteiger partial charge < -0.3 is 25.2 Å². The van der Waals surface area contributed by atoms with Crippen LogP contribution in [0.25, 0.3) is 0 Å². The first-order valence-electron chi connectivity index (χ1n) is 13.0. The Bertz CT molecular complexity index is 1180. The minimum atomic E-state index is -1.18. The highest BCUT2D eigenvalue weighted by Gasteiger charge is 2.43. The van der Waals surface area contributed by atoms with Gasteiger partial charge in [-0.2, -0.15) is 0 Å². The molecule has 0 spiro atoms. The summed E-state index contributed by atoms with van der Waals surface area (Å²) >= 11 is 0. The number of unbranched alkanes of at least 4 members (excludes halogenated alkanes) is 1. The minimum Gasteiger partial charge on any atom is -0.457 e. The van der Waals surface area contributed by atoms with E-state index in [0.29, 0.717) is 43.2 Å². The molecule has 0 aliphatic carbocycles. The fraction of sp³-hybridized carbons (Fsp3) is 0.400. The number of amides is 1. The van der Waals surface area contributed by atoms with Crippen LogP contribution >= 0.6 is 0 Å². The molecule has 2 atom stereocenters. The summed E-state index contributed by atoms with van der Waals surface area (Å²) < 4.78 is 11.6. The Hall–Kier alpha value is -3.42. The second-order valence-corrected chi connectivity index (χ2v) is 9.80. The number of anilines is 1. The van der Waals surface area contributed by atoms with Gasteiger partial charge in [-0.1, -0.05) is 36.4 Å². The number of aryl methyl sites for hydroxylation is 1. The summed E-state index contributed by atoms with van der Waals surface area (Å²) in [6.07, 6.45) is 5.30. The summed E-state index contributed by atoms with van der Waals surface area (Å²) in [6.45, 7) is 3.73. The highest BCUT2D eigenvalue weighted by Crippen LogP contribution is 2.44. The maximum atomic E-state index is 13.3. The molecule has 2 aromatic carbocycles. The molecule has 1 aromatic heterocycles. The highest BCUT2D eigenvalue weighted by atomic mass is 16.5. The number of nitrogen functional groups attached to an aromatic ring is 1. The first-order valence-corrected chi connectivity index (χ1v) is 13.0. The van der Waals surface area contributed by atoms with Crippen molar-refractivity contribution in [3.8, 4) is 11.5 Å². The van der Waals surface area contributed by atoms with Gasteiger partial charge in [-0.25, -0.2) is 4.98 Å². The lowest BCUT2D eigenvalue weighted by molar-refractivity contribution is -0.0589. The number of benzene rings is 2. The predicted octanol–water partition coefficient (Wildman–Crippen LogP) is 5.32. The van der Waals surface area contributed by atoms with Crippen LogP contribution in [0.2, 0.25) is 0 Å². The Morgan fingerprint density at radius 3 is 2.59 bits per heavy atom. The van der Waals surface area contributed by atoms with Crippen LogP contribution in [0, 0.1) is 12.8 Å². The molecule has 1 aliphatic heterocycles. The first-order chi connectivity index (χ1) is 17.9. The van der Waals surface area contributed by atoms with Crippen molar-refractivity contribution in [2.45, 2.75) is 44.6 Å². The summed E-state index contributed by atoms with van der Waals surface area (Å²) in [5, 5.41) is 12.5. The minimum absolute atomic E-state index is 0.0941. The van der Waals surface area contributed by atoms with Gasteiger partial charge in [0, 0.05) is 44.5 Å². The van der Waals surface area contributed by atoms with Gasteiger partial charge in [0.15, 0.2) is 0 Å². The van der Waals surface area contributed by atoms with Crippen molar-refractivity contribution >= 4 is 11.7 Å². The zero-order valence-corrected chi connectivity index (χ0v) is 21.7. The van der Waals surface area contributed by atoms with Crippen LogP contribution in [0.5, 0.6) is 11.5 Å². The number of carbonyl (C=O) groups excluding carboxylic acids is 1. The molecule has 7 heteroatoms. The van der Waals surface area contributed by atoms with Crippen LogP contribution in [0.1, 0.15) is 53.6 Å². The SMILES string of the molecule is COCCCC[C@@](O)(c1ccccc1Oc1ccccc1C)C1CCCN(C(=O)c2ccc(N)nc2)C1. The molecule has 196 valence electrons. The van der Waals surface area contributed by atoms with Crippen molar-refractivity contribution in [2.24, 2.45) is 5.92 Å². The molecule has 0 bridgehead atoms. The number of hydrogen-bond acceptors (Lipinski definition) is 6. The molecule has 4 rings (SSSR count). The van der Waals surface area contributed by atoms with Gasteiger partial charge in [0.2, 0.25) is 0 Å². The zero-order valence-electron chi connectivity index (χ0n) is 21.7. The molecule has 3 N–H and O–H groups in total. The fourth-order valence-corrected chi connectivity index (χ4v) is 5.17. The maximum Gasteiger partial charge on any atom is 0.255 e. The number of pyridine rings is 1. The Morgan fingerprint density at radius 1 is 1.11 bits per heavy atom. The molecule has 0 radical (unpaired) electrons. The second-order valence-electron chi connectivity index (χ2n) is 9.80. The molecule has 1 unspecified atom stereocenters. The number of para-hydroxylation sites is 2. The molecule has 2 heterocycles. The molecule has 1 fully saturated rings. The van der Waals surface area contributed by atoms with Gasteiger partial charge in [-0.3, -0.25) is 4.79 Å². The fourth-order valence-electron chi connectivity index (χ4n) is 5.17. The standard InChI is InChI=1S/C30H37N3O4/c1-22-10-3-5-13-26(22)37-27-14-6-4-12-25(27)30(35,17-7-8-19-36-2)24-11-9-18-33(21-24)29(34)23-15-16-28(31)32-20-23/h3-6,10,12-16,20,24,35H,7-9,11,17-19,21H2,1-2H3,(H2,31,32)/t24?,30-/m0/s1. The van der Waals surface area contributed by atoms with Crippen LogP contribution < -0.4 is 10.5 Å². The lowest BCUT2D eigenvalue weighted by Gasteiger charge is -2.43. The molecule has 3 aromatic rings. The normalized spacial score (nSPS) is 17.3. The number of carbonyl (C=O) groups is 1. The Labute approximate surface area is 219 Å². The van der Waals surface area contributed by atoms with Crippen LogP contribution in [0.4, 0.5) is 5.82 Å². The number of aromatic nitrogens is 1. The Morgan fingerprint density at radius 2 is 1.86 bits per heavy atom. The number of piperidine rings is 1. The van der Waals surface area contributed by atoms with Crippen molar-refractivity contribution in [1.82, 2.24) is 9.88 Å². The molecule has 0 saturated carbocycles. The molecule has 7 nitrogen and oxygen atoms in total. The number of methoxy groups -OCH3 is 1. The van der Waals surface area contributed by atoms with E-state index in [4.69, 9.17) is 15.2 Å². The maximum absolute atomic E-state index is 13.3. The number of hydrogen-bond donors (Lipinski definition) is 2. The second kappa shape index (κ2) is 12.2. The zero-order chi connectivity index (χ0) is 26.3. The van der Waals surface area contributed by atoms with Gasteiger partial charge in [0.25, 0.3) is 5.91 Å². The quantitative estimate of drug-likeness (QED) is 0.363. The number of likely N-dealkylation sites (tertiary alicyclic amines) is 1. The van der Waals surface area contributed by atoms with Crippen molar-refractivity contribution < 1.29 is 19.4 Å². The van der Waals surface area contributed by atoms with Crippen LogP contribution in [0.3, 0.4) is 0 Å². The van der Waals surface area contributed by atoms with Gasteiger partial charge in [0.1, 0.15) is 17.3 Å². The van der Waals surface area contributed by atoms with E-state index in [9.17, 15) is 9.90 Å². The van der Waals surface area contributed by atoms with Crippen molar-refractivity contribution in [2.75, 3.05) is 32.5 Å². The van der Waals surface area contributed by atoms with Gasteiger partial charge in [-0.15, -0.1) is 0 Å². The van der Waals surface area contributed by atoms with E-state index in [1.807, 2.05) is 60.4 Å². The largest absolute Gasteiger partial charge is 0.457 e. The van der Waals surface area contributed by atoms with E-state index >= 15 is 0 Å². The molecule has 1 amide bonds. The Balaban J connectivity index is 1.64. The van der Waals surface area contributed by atoms with Gasteiger partial charge in [-0.05, 0) is 68.9 Å². The van der Waals surface area contributed by atoms with Crippen molar-refractivity contribution in [3.63, 3.8) is 0 Å². The summed E-state index contributed by atoms with van der Waals surface area (Å²) in [5.41, 5.74) is 6.81. The van der Waals surface area contributed by atoms with Crippen LogP contribution in [-0.4, -0.2) is 47.7 Å². The summed E-state index contributed by atoms with van der Waals surface area (Å²) in [4.78, 5) is 19.2. The van der Waals surface area contributed by atoms with E-state index in [1.165, 1.54) is 6.20 Å². The third kappa shape index (κ3) is 6.29. The van der Waals surface area contributed by atoms with E-state index in [0.717, 1.165) is 42.6 Å². The molecule has 1 aliphatic rings. The number of aliphatic hydroxyl groups is 1. The Kier molecular flexibility index (Phi) is 8.79. The monoisotopic (exact) mass is 503 g/mol. The third-order valence-corrected chi connectivity index (χ3v) is 7.24. The smallest absolute Gasteiger partial charge is 0.255 e. The molecule has 1 saturated heterocycles. The number of nitrogens with zero attached hydrogens (tertiary/aromatic N) is 2. The first kappa shape index (κ1) is 26.6. The average molecular weight is 504 g/mol. The highest BCUT2D eigenvalue weighted by molar-refractivity contribution is 5.94. The summed E-state index contributed by atoms with van der Waals surface area (Å²) in [5.74, 6) is 1.52. The van der Waals surface area contributed by atoms with E-state index in [2.05, 4.69) is 4.98 Å². The van der Waals surface area contributed by atoms with Crippen molar-refractivity contribution in [3.05, 3.63) is 83.6 Å². The third-order valence-electron chi connectivity index (χ3n) is 7.24. The number of nitrogens with two attached hydrogens (primary N) is 1. The van der Waals surface area contributed by atoms with Crippen LogP contribution in [0.15, 0.2) is 66.9 Å². The van der Waals surface area contributed by atoms with E-state index in [-0.39, 0.29) is 11.8 Å². The van der Waals surface area contributed by atoms with Crippen molar-refractivity contribution in [1.29, 1.82) is 0 Å². The molecule has 37 heavy (non-hydrogen) atoms. The van der Waals surface area contributed by atoms with E-state index in [1.54, 1.807) is 19.2 Å². The molecular weight excluding hydrogens is 466 g/mol. The van der Waals surface area contributed by atoms with Gasteiger partial charge >= 0.3 is 0 Å². The average Bonchev–Trinajstić information content (AvgIpc) is 2.93. The predicted molar refractivity (Wildman–Crippen MR) is 145 cm³/mol. The lowest BCUT2D eigenvalue weighted by atomic mass is 9.73. The van der Waals surface area contributed by atoms with E-state index < -0.39 is 5.60 Å². The summed E-state index contributed by atoms with van der Waals surface area (Å²) in [6, 6.07) is 18.9. The molecular formula is C30H37N3O4. The summed E-state index contributed by atoms with van der Waals surface area (Å²) in [7, 11) is 1.69. The van der Waals surface area contributed by atoms with Gasteiger partial charge in [0.05, 0.1) is 11.2 Å². The van der Waals surface area contributed by atoms with Crippen LogP contribution in [-0.2, 0) is 10.3 Å². The number of rotatable bonds is 10.